The highest BCUT2D eigenvalue weighted by Crippen LogP contribution is 2.27. The van der Waals surface area contributed by atoms with Crippen molar-refractivity contribution in [2.45, 2.75) is 37.3 Å². The lowest BCUT2D eigenvalue weighted by atomic mass is 10.1. The van der Waals surface area contributed by atoms with Crippen molar-refractivity contribution < 1.29 is 0 Å². The van der Waals surface area contributed by atoms with Gasteiger partial charge in [-0.05, 0) is 38.1 Å². The Labute approximate surface area is 183 Å². The van der Waals surface area contributed by atoms with Gasteiger partial charge in [-0.3, -0.25) is 9.47 Å². The van der Waals surface area contributed by atoms with E-state index >= 15 is 0 Å². The highest BCUT2D eigenvalue weighted by molar-refractivity contribution is 7.99. The number of hydrogen-bond donors (Lipinski definition) is 0. The number of hydrogen-bond acceptors (Lipinski definition) is 4. The Kier molecular flexibility index (Phi) is 7.60. The quantitative estimate of drug-likeness (QED) is 0.418. The molecule has 0 radical (unpaired) electrons. The van der Waals surface area contributed by atoms with Crippen molar-refractivity contribution >= 4 is 11.8 Å². The van der Waals surface area contributed by atoms with E-state index in [1.807, 2.05) is 36.4 Å². The van der Waals surface area contributed by atoms with Gasteiger partial charge in [-0.1, -0.05) is 91.4 Å². The van der Waals surface area contributed by atoms with Gasteiger partial charge in [-0.2, -0.15) is 0 Å². The summed E-state index contributed by atoms with van der Waals surface area (Å²) in [5.74, 6) is 8.28. The summed E-state index contributed by atoms with van der Waals surface area (Å²) in [7, 11) is 0. The normalized spacial score (nSPS) is 15.1. The fourth-order valence-electron chi connectivity index (χ4n) is 3.74. The van der Waals surface area contributed by atoms with Crippen LogP contribution in [0.2, 0.25) is 0 Å². The maximum atomic E-state index is 4.49. The monoisotopic (exact) mass is 416 g/mol. The zero-order valence-corrected chi connectivity index (χ0v) is 18.2. The Morgan fingerprint density at radius 1 is 0.767 bits per heavy atom. The molecule has 0 amide bonds. The third-order valence-electron chi connectivity index (χ3n) is 5.33. The molecule has 3 aromatic rings. The molecular weight excluding hydrogens is 388 g/mol. The average Bonchev–Trinajstić information content (AvgIpc) is 3.20. The molecule has 0 atom stereocenters. The number of benzene rings is 2. The smallest absolute Gasteiger partial charge is 0.197 e. The maximum Gasteiger partial charge on any atom is 0.197 e. The van der Waals surface area contributed by atoms with Gasteiger partial charge in [0.05, 0.1) is 12.3 Å². The second-order valence-electron chi connectivity index (χ2n) is 7.53. The Morgan fingerprint density at radius 2 is 1.43 bits per heavy atom. The number of likely N-dealkylation sites (tertiary alicyclic amines) is 1. The van der Waals surface area contributed by atoms with Crippen LogP contribution < -0.4 is 0 Å². The van der Waals surface area contributed by atoms with Crippen molar-refractivity contribution in [1.82, 2.24) is 19.7 Å². The van der Waals surface area contributed by atoms with Gasteiger partial charge < -0.3 is 0 Å². The van der Waals surface area contributed by atoms with Crippen LogP contribution in [0.5, 0.6) is 0 Å². The summed E-state index contributed by atoms with van der Waals surface area (Å²) in [6, 6.07) is 20.5. The molecule has 30 heavy (non-hydrogen) atoms. The average molecular weight is 417 g/mol. The molecule has 4 rings (SSSR count). The fraction of sp³-hybridized carbons (Fsp3) is 0.360. The summed E-state index contributed by atoms with van der Waals surface area (Å²) in [6.07, 6.45) is 6.72. The minimum Gasteiger partial charge on any atom is -0.292 e. The lowest BCUT2D eigenvalue weighted by Crippen LogP contribution is -2.27. The second-order valence-corrected chi connectivity index (χ2v) is 8.47. The predicted molar refractivity (Wildman–Crippen MR) is 125 cm³/mol. The third-order valence-corrected chi connectivity index (χ3v) is 6.14. The van der Waals surface area contributed by atoms with Gasteiger partial charge in [-0.25, -0.2) is 0 Å². The minimum absolute atomic E-state index is 0.716. The molecule has 0 saturated carbocycles. The third kappa shape index (κ3) is 5.53. The van der Waals surface area contributed by atoms with Gasteiger partial charge in [0.2, 0.25) is 0 Å². The van der Waals surface area contributed by atoms with Crippen molar-refractivity contribution in [3.05, 3.63) is 60.7 Å². The van der Waals surface area contributed by atoms with Crippen LogP contribution in [-0.4, -0.2) is 45.1 Å². The molecule has 2 heterocycles. The zero-order valence-electron chi connectivity index (χ0n) is 17.3. The Hall–Kier alpha value is -2.55. The molecule has 0 N–H and O–H groups in total. The lowest BCUT2D eigenvalue weighted by Gasteiger charge is -2.21. The molecule has 4 nitrogen and oxygen atoms in total. The number of thioether (sulfide) groups is 1. The molecule has 1 saturated heterocycles. The van der Waals surface area contributed by atoms with Crippen molar-refractivity contribution in [3.8, 4) is 28.9 Å². The first-order valence-electron chi connectivity index (χ1n) is 10.8. The summed E-state index contributed by atoms with van der Waals surface area (Å²) in [5.41, 5.74) is 2.13. The van der Waals surface area contributed by atoms with Gasteiger partial charge in [0.1, 0.15) is 0 Å². The van der Waals surface area contributed by atoms with Gasteiger partial charge in [0.15, 0.2) is 11.0 Å². The van der Waals surface area contributed by atoms with Crippen LogP contribution in [0.3, 0.4) is 0 Å². The fourth-order valence-corrected chi connectivity index (χ4v) is 4.46. The van der Waals surface area contributed by atoms with Crippen molar-refractivity contribution in [2.75, 3.05) is 25.4 Å². The van der Waals surface area contributed by atoms with Crippen molar-refractivity contribution in [1.29, 1.82) is 0 Å². The van der Waals surface area contributed by atoms with E-state index in [0.29, 0.717) is 5.75 Å². The molecule has 0 bridgehead atoms. The first-order chi connectivity index (χ1) is 14.9. The number of aromatic nitrogens is 3. The van der Waals surface area contributed by atoms with E-state index in [1.54, 1.807) is 11.8 Å². The van der Waals surface area contributed by atoms with Gasteiger partial charge in [0.25, 0.3) is 0 Å². The lowest BCUT2D eigenvalue weighted by molar-refractivity contribution is 0.275. The first kappa shape index (κ1) is 20.7. The zero-order chi connectivity index (χ0) is 20.4. The summed E-state index contributed by atoms with van der Waals surface area (Å²) < 4.78 is 2.12. The second kappa shape index (κ2) is 11.0. The van der Waals surface area contributed by atoms with Crippen LogP contribution in [0.1, 0.15) is 32.1 Å². The van der Waals surface area contributed by atoms with Gasteiger partial charge in [-0.15, -0.1) is 10.2 Å². The molecule has 5 heteroatoms. The van der Waals surface area contributed by atoms with E-state index in [2.05, 4.69) is 55.8 Å². The Balaban J connectivity index is 1.45. The number of rotatable bonds is 5. The standard InChI is InChI=1S/C25H28N4S/c1-2-10-18-28(19-11-3-1)20-12-13-21-30-25-27-26-24(22-14-6-4-7-15-22)29(25)23-16-8-5-9-17-23/h4-9,14-17H,1-3,10-11,18-21H2. The van der Waals surface area contributed by atoms with E-state index in [4.69, 9.17) is 0 Å². The van der Waals surface area contributed by atoms with Crippen molar-refractivity contribution in [2.24, 2.45) is 0 Å². The molecule has 0 aliphatic carbocycles. The molecule has 0 spiro atoms. The molecule has 2 aromatic carbocycles. The van der Waals surface area contributed by atoms with E-state index < -0.39 is 0 Å². The molecule has 1 aliphatic rings. The number of nitrogens with zero attached hydrogens (tertiary/aromatic N) is 4. The van der Waals surface area contributed by atoms with E-state index in [9.17, 15) is 0 Å². The molecule has 154 valence electrons. The highest BCUT2D eigenvalue weighted by atomic mass is 32.2. The molecule has 1 aliphatic heterocycles. The van der Waals surface area contributed by atoms with Crippen LogP contribution in [-0.2, 0) is 0 Å². The Morgan fingerprint density at radius 3 is 2.17 bits per heavy atom. The molecule has 1 aromatic heterocycles. The SMILES string of the molecule is C(#CCN1CCCCCCC1)CSc1nnc(-c2ccccc2)n1-c1ccccc1. The minimum atomic E-state index is 0.716. The van der Waals surface area contributed by atoms with Crippen LogP contribution in [0.25, 0.3) is 17.1 Å². The largest absolute Gasteiger partial charge is 0.292 e. The summed E-state index contributed by atoms with van der Waals surface area (Å²) in [6.45, 7) is 3.25. The van der Waals surface area contributed by atoms with E-state index in [0.717, 1.165) is 28.8 Å². The van der Waals surface area contributed by atoms with Crippen LogP contribution in [0, 0.1) is 11.8 Å². The highest BCUT2D eigenvalue weighted by Gasteiger charge is 2.15. The molecular formula is C25H28N4S. The maximum absolute atomic E-state index is 4.49. The van der Waals surface area contributed by atoms with Crippen LogP contribution in [0.4, 0.5) is 0 Å². The van der Waals surface area contributed by atoms with E-state index in [1.165, 1.54) is 45.2 Å². The molecule has 1 fully saturated rings. The van der Waals surface area contributed by atoms with Gasteiger partial charge in [0, 0.05) is 11.3 Å². The van der Waals surface area contributed by atoms with Crippen LogP contribution in [0.15, 0.2) is 65.8 Å². The summed E-state index contributed by atoms with van der Waals surface area (Å²) >= 11 is 1.65. The Bertz CT molecular complexity index is 965. The number of para-hydroxylation sites is 1. The predicted octanol–water partition coefficient (Wildman–Crippen LogP) is 5.30. The summed E-state index contributed by atoms with van der Waals surface area (Å²) in [4.78, 5) is 2.50. The molecule has 0 unspecified atom stereocenters. The van der Waals surface area contributed by atoms with Gasteiger partial charge >= 0.3 is 0 Å². The topological polar surface area (TPSA) is 34.0 Å². The first-order valence-corrected chi connectivity index (χ1v) is 11.8. The van der Waals surface area contributed by atoms with Crippen molar-refractivity contribution in [3.63, 3.8) is 0 Å². The summed E-state index contributed by atoms with van der Waals surface area (Å²) in [5, 5.41) is 9.84. The van der Waals surface area contributed by atoms with Crippen LogP contribution >= 0.6 is 11.8 Å². The van der Waals surface area contributed by atoms with E-state index in [-0.39, 0.29) is 0 Å².